The number of hydrogen-bond donors (Lipinski definition) is 1. The third-order valence-corrected chi connectivity index (χ3v) is 3.87. The van der Waals surface area contributed by atoms with Crippen molar-refractivity contribution in [2.45, 2.75) is 39.9 Å². The monoisotopic (exact) mass is 329 g/mol. The first-order chi connectivity index (χ1) is 11.3. The molecule has 0 aliphatic carbocycles. The molecular formula is C18H19NO5. The summed E-state index contributed by atoms with van der Waals surface area (Å²) < 4.78 is 16.0. The fourth-order valence-corrected chi connectivity index (χ4v) is 2.67. The minimum absolute atomic E-state index is 0.190. The molecule has 0 saturated carbocycles. The molecule has 24 heavy (non-hydrogen) atoms. The van der Waals surface area contributed by atoms with Gasteiger partial charge in [0.2, 0.25) is 0 Å². The first-order valence-electron chi connectivity index (χ1n) is 7.77. The molecule has 0 atom stereocenters. The molecular weight excluding hydrogens is 310 g/mol. The molecule has 2 aromatic rings. The van der Waals surface area contributed by atoms with Gasteiger partial charge in [-0.05, 0) is 18.6 Å². The van der Waals surface area contributed by atoms with Gasteiger partial charge in [0.25, 0.3) is 5.79 Å². The molecule has 1 aliphatic rings. The molecule has 1 aromatic heterocycles. The molecule has 1 aliphatic heterocycles. The van der Waals surface area contributed by atoms with Crippen LogP contribution in [0.1, 0.15) is 32.1 Å². The molecule has 3 rings (SSSR count). The summed E-state index contributed by atoms with van der Waals surface area (Å²) in [7, 11) is 0. The van der Waals surface area contributed by atoms with Crippen LogP contribution in [-0.2, 0) is 25.5 Å². The Kier molecular flexibility index (Phi) is 3.83. The molecule has 0 spiro atoms. The van der Waals surface area contributed by atoms with Crippen molar-refractivity contribution in [1.29, 1.82) is 0 Å². The number of aryl methyl sites for hydroxylation is 2. The maximum atomic E-state index is 12.0. The van der Waals surface area contributed by atoms with Gasteiger partial charge in [0.15, 0.2) is 11.2 Å². The van der Waals surface area contributed by atoms with Crippen molar-refractivity contribution in [2.24, 2.45) is 0 Å². The SMILES string of the molecule is CCc1oc2c(NC=C3C(=O)OC(C)(C)OC3=O)cccc2c1C. The lowest BCUT2D eigenvalue weighted by Crippen LogP contribution is -2.42. The maximum absolute atomic E-state index is 12.0. The molecule has 0 radical (unpaired) electrons. The number of para-hydroxylation sites is 1. The number of nitrogens with one attached hydrogen (secondary N) is 1. The van der Waals surface area contributed by atoms with E-state index in [4.69, 9.17) is 13.9 Å². The van der Waals surface area contributed by atoms with Crippen LogP contribution in [0.15, 0.2) is 34.4 Å². The summed E-state index contributed by atoms with van der Waals surface area (Å²) in [6.45, 7) is 7.04. The van der Waals surface area contributed by atoms with E-state index in [1.807, 2.05) is 32.0 Å². The maximum Gasteiger partial charge on any atom is 0.350 e. The number of rotatable bonds is 3. The van der Waals surface area contributed by atoms with Crippen molar-refractivity contribution in [2.75, 3.05) is 5.32 Å². The van der Waals surface area contributed by atoms with Gasteiger partial charge in [-0.2, -0.15) is 0 Å². The van der Waals surface area contributed by atoms with Crippen LogP contribution in [0, 0.1) is 6.92 Å². The number of anilines is 1. The molecule has 0 unspecified atom stereocenters. The molecule has 126 valence electrons. The van der Waals surface area contributed by atoms with E-state index in [1.165, 1.54) is 20.0 Å². The standard InChI is InChI=1S/C18H19NO5/c1-5-14-10(2)11-7-6-8-13(15(11)22-14)19-9-12-16(20)23-18(3,4)24-17(12)21/h6-9,19H,5H2,1-4H3. The molecule has 2 heterocycles. The lowest BCUT2D eigenvalue weighted by atomic mass is 10.1. The van der Waals surface area contributed by atoms with E-state index in [2.05, 4.69) is 5.32 Å². The van der Waals surface area contributed by atoms with E-state index in [0.29, 0.717) is 11.3 Å². The zero-order chi connectivity index (χ0) is 17.5. The van der Waals surface area contributed by atoms with Gasteiger partial charge < -0.3 is 19.2 Å². The number of furan rings is 1. The van der Waals surface area contributed by atoms with Gasteiger partial charge in [0.1, 0.15) is 5.76 Å². The van der Waals surface area contributed by atoms with E-state index in [9.17, 15) is 9.59 Å². The fourth-order valence-electron chi connectivity index (χ4n) is 2.67. The Hall–Kier alpha value is -2.76. The number of carbonyl (C=O) groups excluding carboxylic acids is 2. The van der Waals surface area contributed by atoms with Gasteiger partial charge in [-0.1, -0.05) is 19.1 Å². The number of carbonyl (C=O) groups is 2. The summed E-state index contributed by atoms with van der Waals surface area (Å²) in [5.41, 5.74) is 2.24. The van der Waals surface area contributed by atoms with E-state index in [0.717, 1.165) is 23.1 Å². The van der Waals surface area contributed by atoms with Gasteiger partial charge in [-0.3, -0.25) is 0 Å². The van der Waals surface area contributed by atoms with Crippen molar-refractivity contribution in [3.8, 4) is 0 Å². The number of esters is 2. The highest BCUT2D eigenvalue weighted by atomic mass is 16.7. The van der Waals surface area contributed by atoms with Crippen LogP contribution in [0.5, 0.6) is 0 Å². The smallest absolute Gasteiger partial charge is 0.350 e. The minimum Gasteiger partial charge on any atom is -0.459 e. The first kappa shape index (κ1) is 16.1. The van der Waals surface area contributed by atoms with Crippen LogP contribution in [0.25, 0.3) is 11.0 Å². The van der Waals surface area contributed by atoms with Crippen LogP contribution in [0.4, 0.5) is 5.69 Å². The predicted octanol–water partition coefficient (Wildman–Crippen LogP) is 3.44. The Balaban J connectivity index is 1.93. The van der Waals surface area contributed by atoms with E-state index in [1.54, 1.807) is 0 Å². The Morgan fingerprint density at radius 1 is 1.17 bits per heavy atom. The normalized spacial score (nSPS) is 16.8. The summed E-state index contributed by atoms with van der Waals surface area (Å²) in [5.74, 6) is -1.79. The summed E-state index contributed by atoms with van der Waals surface area (Å²) in [5, 5.41) is 3.94. The molecule has 1 fully saturated rings. The zero-order valence-corrected chi connectivity index (χ0v) is 14.1. The third kappa shape index (κ3) is 2.75. The number of ether oxygens (including phenoxy) is 2. The van der Waals surface area contributed by atoms with Crippen molar-refractivity contribution in [3.05, 3.63) is 41.3 Å². The number of cyclic esters (lactones) is 2. The van der Waals surface area contributed by atoms with Crippen LogP contribution in [-0.4, -0.2) is 17.7 Å². The Morgan fingerprint density at radius 3 is 2.46 bits per heavy atom. The van der Waals surface area contributed by atoms with Crippen LogP contribution in [0.2, 0.25) is 0 Å². The second-order valence-electron chi connectivity index (χ2n) is 6.07. The largest absolute Gasteiger partial charge is 0.459 e. The average Bonchev–Trinajstić information content (AvgIpc) is 2.82. The Bertz CT molecular complexity index is 838. The lowest BCUT2D eigenvalue weighted by Gasteiger charge is -2.29. The van der Waals surface area contributed by atoms with E-state index < -0.39 is 17.7 Å². The van der Waals surface area contributed by atoms with Gasteiger partial charge in [0, 0.05) is 31.9 Å². The topological polar surface area (TPSA) is 77.8 Å². The molecule has 1 aromatic carbocycles. The fraction of sp³-hybridized carbons (Fsp3) is 0.333. The lowest BCUT2D eigenvalue weighted by molar-refractivity contribution is -0.222. The zero-order valence-electron chi connectivity index (χ0n) is 14.1. The highest BCUT2D eigenvalue weighted by molar-refractivity contribution is 6.15. The highest BCUT2D eigenvalue weighted by Gasteiger charge is 2.39. The molecule has 6 heteroatoms. The van der Waals surface area contributed by atoms with Crippen molar-refractivity contribution in [1.82, 2.24) is 0 Å². The molecule has 1 N–H and O–H groups in total. The summed E-state index contributed by atoms with van der Waals surface area (Å²) in [6, 6.07) is 5.66. The van der Waals surface area contributed by atoms with Gasteiger partial charge in [0.05, 0.1) is 5.69 Å². The summed E-state index contributed by atoms with van der Waals surface area (Å²) >= 11 is 0. The van der Waals surface area contributed by atoms with Crippen LogP contribution in [0.3, 0.4) is 0 Å². The number of benzene rings is 1. The van der Waals surface area contributed by atoms with Crippen molar-refractivity contribution in [3.63, 3.8) is 0 Å². The van der Waals surface area contributed by atoms with Gasteiger partial charge in [-0.25, -0.2) is 9.59 Å². The van der Waals surface area contributed by atoms with Gasteiger partial charge >= 0.3 is 11.9 Å². The van der Waals surface area contributed by atoms with E-state index >= 15 is 0 Å². The number of hydrogen-bond acceptors (Lipinski definition) is 6. The average molecular weight is 329 g/mol. The molecule has 0 amide bonds. The quantitative estimate of drug-likeness (QED) is 0.528. The van der Waals surface area contributed by atoms with Crippen LogP contribution >= 0.6 is 0 Å². The predicted molar refractivity (Wildman–Crippen MR) is 88.3 cm³/mol. The van der Waals surface area contributed by atoms with Gasteiger partial charge in [-0.15, -0.1) is 0 Å². The van der Waals surface area contributed by atoms with E-state index in [-0.39, 0.29) is 5.57 Å². The first-order valence-corrected chi connectivity index (χ1v) is 7.77. The Labute approximate surface area is 139 Å². The number of fused-ring (bicyclic) bond motifs is 1. The Morgan fingerprint density at radius 2 is 1.83 bits per heavy atom. The summed E-state index contributed by atoms with van der Waals surface area (Å²) in [4.78, 5) is 23.9. The molecule has 1 saturated heterocycles. The highest BCUT2D eigenvalue weighted by Crippen LogP contribution is 2.31. The summed E-state index contributed by atoms with van der Waals surface area (Å²) in [6.07, 6.45) is 2.08. The van der Waals surface area contributed by atoms with Crippen molar-refractivity contribution >= 4 is 28.6 Å². The second kappa shape index (κ2) is 5.70. The van der Waals surface area contributed by atoms with Crippen LogP contribution < -0.4 is 5.32 Å². The van der Waals surface area contributed by atoms with Crippen molar-refractivity contribution < 1.29 is 23.5 Å². The molecule has 6 nitrogen and oxygen atoms in total. The second-order valence-corrected chi connectivity index (χ2v) is 6.07. The molecule has 0 bridgehead atoms. The third-order valence-electron chi connectivity index (χ3n) is 3.87. The minimum atomic E-state index is -1.25.